The van der Waals surface area contributed by atoms with Crippen molar-refractivity contribution in [3.05, 3.63) is 59.9 Å². The lowest BCUT2D eigenvalue weighted by Crippen LogP contribution is -2.32. The largest absolute Gasteiger partial charge is 0.309 e. The summed E-state index contributed by atoms with van der Waals surface area (Å²) in [5, 5.41) is 9.17. The van der Waals surface area contributed by atoms with Crippen molar-refractivity contribution in [3.8, 4) is 11.4 Å². The first kappa shape index (κ1) is 24.7. The lowest BCUT2D eigenvalue weighted by Gasteiger charge is -2.27. The first-order valence-corrected chi connectivity index (χ1v) is 13.7. The number of aromatic nitrogens is 3. The van der Waals surface area contributed by atoms with Gasteiger partial charge in [-0.25, -0.2) is 8.42 Å². The van der Waals surface area contributed by atoms with Gasteiger partial charge in [-0.1, -0.05) is 43.1 Å². The molecule has 7 nitrogen and oxygen atoms in total. The number of benzene rings is 2. The van der Waals surface area contributed by atoms with Crippen molar-refractivity contribution in [3.63, 3.8) is 0 Å². The normalized spacial score (nSPS) is 16.9. The minimum atomic E-state index is -3.78. The Hall–Kier alpha value is -2.42. The molecule has 1 aliphatic heterocycles. The maximum Gasteiger partial charge on any atom is 0.264 e. The van der Waals surface area contributed by atoms with Crippen LogP contribution in [-0.2, 0) is 10.0 Å². The van der Waals surface area contributed by atoms with Crippen molar-refractivity contribution < 1.29 is 8.42 Å². The summed E-state index contributed by atoms with van der Waals surface area (Å²) < 4.78 is 31.1. The molecule has 9 heteroatoms. The van der Waals surface area contributed by atoms with Crippen molar-refractivity contribution >= 4 is 27.3 Å². The Morgan fingerprint density at radius 1 is 1.18 bits per heavy atom. The molecule has 0 bridgehead atoms. The number of likely N-dealkylation sites (tertiary alicyclic amines) is 1. The third-order valence-corrected chi connectivity index (χ3v) is 8.47. The van der Waals surface area contributed by atoms with E-state index in [1.165, 1.54) is 4.31 Å². The molecule has 3 aromatic rings. The van der Waals surface area contributed by atoms with Gasteiger partial charge >= 0.3 is 0 Å². The van der Waals surface area contributed by atoms with Crippen molar-refractivity contribution in [2.45, 2.75) is 57.0 Å². The molecule has 34 heavy (non-hydrogen) atoms. The molecule has 0 saturated carbocycles. The van der Waals surface area contributed by atoms with Crippen LogP contribution in [0, 0.1) is 0 Å². The summed E-state index contributed by atoms with van der Waals surface area (Å²) in [6.07, 6.45) is 4.33. The van der Waals surface area contributed by atoms with Gasteiger partial charge in [0.1, 0.15) is 6.33 Å². The zero-order valence-corrected chi connectivity index (χ0v) is 21.5. The van der Waals surface area contributed by atoms with Crippen LogP contribution in [0.25, 0.3) is 11.4 Å². The Bertz CT molecular complexity index is 1210. The molecule has 1 atom stereocenters. The van der Waals surface area contributed by atoms with E-state index in [0.717, 1.165) is 32.4 Å². The fourth-order valence-electron chi connectivity index (χ4n) is 4.46. The molecular weight excluding hydrogens is 470 g/mol. The van der Waals surface area contributed by atoms with Gasteiger partial charge in [0.15, 0.2) is 5.82 Å². The molecule has 1 aromatic heterocycles. The number of hydrogen-bond acceptors (Lipinski definition) is 5. The molecule has 1 saturated heterocycles. The molecule has 0 spiro atoms. The summed E-state index contributed by atoms with van der Waals surface area (Å²) in [7, 11) is -3.78. The summed E-state index contributed by atoms with van der Waals surface area (Å²) in [6, 6.07) is 14.5. The standard InChI is InChI=1S/C25H32ClN5O2S/c1-4-5-14-31(34(32,33)22-9-7-6-8-10-22)24-12-11-20(26)16-23(24)25-28-27-18-30(25)21-13-15-29(17-21)19(2)3/h6-12,16,18-19,21H,4-5,13-15,17H2,1-3H3. The van der Waals surface area contributed by atoms with Crippen molar-refractivity contribution in [1.29, 1.82) is 0 Å². The predicted octanol–water partition coefficient (Wildman–Crippen LogP) is 5.25. The third-order valence-electron chi connectivity index (χ3n) is 6.41. The Labute approximate surface area is 207 Å². The van der Waals surface area contributed by atoms with E-state index in [1.54, 1.807) is 48.8 Å². The van der Waals surface area contributed by atoms with Crippen molar-refractivity contribution in [2.75, 3.05) is 23.9 Å². The Morgan fingerprint density at radius 2 is 1.94 bits per heavy atom. The van der Waals surface area contributed by atoms with Crippen LogP contribution in [0.2, 0.25) is 5.02 Å². The van der Waals surface area contributed by atoms with Crippen LogP contribution >= 0.6 is 11.6 Å². The summed E-state index contributed by atoms with van der Waals surface area (Å²) >= 11 is 6.42. The molecule has 1 aliphatic rings. The average Bonchev–Trinajstić information content (AvgIpc) is 3.50. The molecule has 182 valence electrons. The lowest BCUT2D eigenvalue weighted by molar-refractivity contribution is 0.265. The fourth-order valence-corrected chi connectivity index (χ4v) is 6.18. The van der Waals surface area contributed by atoms with Gasteiger partial charge < -0.3 is 4.57 Å². The minimum Gasteiger partial charge on any atom is -0.309 e. The number of unbranched alkanes of at least 4 members (excludes halogenated alkanes) is 1. The second-order valence-electron chi connectivity index (χ2n) is 9.00. The van der Waals surface area contributed by atoms with E-state index in [0.29, 0.717) is 34.7 Å². The molecule has 2 heterocycles. The zero-order chi connectivity index (χ0) is 24.3. The van der Waals surface area contributed by atoms with Gasteiger partial charge in [-0.05, 0) is 57.0 Å². The van der Waals surface area contributed by atoms with E-state index in [1.807, 2.05) is 13.0 Å². The quantitative estimate of drug-likeness (QED) is 0.400. The second kappa shape index (κ2) is 10.5. The number of nitrogens with zero attached hydrogens (tertiary/aromatic N) is 5. The Morgan fingerprint density at radius 3 is 2.62 bits per heavy atom. The van der Waals surface area contributed by atoms with Crippen molar-refractivity contribution in [1.82, 2.24) is 19.7 Å². The monoisotopic (exact) mass is 501 g/mol. The van der Waals surface area contributed by atoms with Crippen LogP contribution in [0.5, 0.6) is 0 Å². The topological polar surface area (TPSA) is 71.3 Å². The highest BCUT2D eigenvalue weighted by Crippen LogP contribution is 2.37. The minimum absolute atomic E-state index is 0.217. The third kappa shape index (κ3) is 4.99. The fraction of sp³-hybridized carbons (Fsp3) is 0.440. The average molecular weight is 502 g/mol. The van der Waals surface area contributed by atoms with Crippen LogP contribution in [0.4, 0.5) is 5.69 Å². The number of halogens is 1. The van der Waals surface area contributed by atoms with Gasteiger partial charge in [0.2, 0.25) is 0 Å². The number of rotatable bonds is 9. The van der Waals surface area contributed by atoms with Gasteiger partial charge in [-0.3, -0.25) is 9.21 Å². The molecule has 0 radical (unpaired) electrons. The predicted molar refractivity (Wildman–Crippen MR) is 137 cm³/mol. The first-order valence-electron chi connectivity index (χ1n) is 11.8. The second-order valence-corrected chi connectivity index (χ2v) is 11.3. The maximum atomic E-state index is 13.7. The van der Waals surface area contributed by atoms with E-state index in [9.17, 15) is 8.42 Å². The van der Waals surface area contributed by atoms with E-state index in [-0.39, 0.29) is 10.9 Å². The molecule has 0 N–H and O–H groups in total. The van der Waals surface area contributed by atoms with Crippen LogP contribution in [0.3, 0.4) is 0 Å². The summed E-state index contributed by atoms with van der Waals surface area (Å²) in [4.78, 5) is 2.69. The summed E-state index contributed by atoms with van der Waals surface area (Å²) in [6.45, 7) is 8.72. The van der Waals surface area contributed by atoms with Crippen LogP contribution in [0.1, 0.15) is 46.1 Å². The maximum absolute atomic E-state index is 13.7. The lowest BCUT2D eigenvalue weighted by atomic mass is 10.1. The zero-order valence-electron chi connectivity index (χ0n) is 19.9. The smallest absolute Gasteiger partial charge is 0.264 e. The first-order chi connectivity index (χ1) is 16.3. The van der Waals surface area contributed by atoms with Gasteiger partial charge in [0, 0.05) is 36.3 Å². The Kier molecular flexibility index (Phi) is 7.60. The van der Waals surface area contributed by atoms with Crippen molar-refractivity contribution in [2.24, 2.45) is 0 Å². The summed E-state index contributed by atoms with van der Waals surface area (Å²) in [5.74, 6) is 0.637. The summed E-state index contributed by atoms with van der Waals surface area (Å²) in [5.41, 5.74) is 1.23. The van der Waals surface area contributed by atoms with Crippen LogP contribution in [0.15, 0.2) is 59.8 Å². The van der Waals surface area contributed by atoms with Gasteiger partial charge in [0.05, 0.1) is 16.6 Å². The van der Waals surface area contributed by atoms with Crippen LogP contribution < -0.4 is 4.31 Å². The number of anilines is 1. The molecule has 0 amide bonds. The molecule has 0 aliphatic carbocycles. The highest BCUT2D eigenvalue weighted by Gasteiger charge is 2.31. The van der Waals surface area contributed by atoms with Gasteiger partial charge in [-0.2, -0.15) is 0 Å². The van der Waals surface area contributed by atoms with E-state index < -0.39 is 10.0 Å². The number of sulfonamides is 1. The molecule has 1 unspecified atom stereocenters. The molecule has 1 fully saturated rings. The Balaban J connectivity index is 1.80. The van der Waals surface area contributed by atoms with E-state index in [2.05, 4.69) is 33.5 Å². The van der Waals surface area contributed by atoms with E-state index in [4.69, 9.17) is 11.6 Å². The van der Waals surface area contributed by atoms with Gasteiger partial charge in [0.25, 0.3) is 10.0 Å². The van der Waals surface area contributed by atoms with E-state index >= 15 is 0 Å². The molecular formula is C25H32ClN5O2S. The van der Waals surface area contributed by atoms with Gasteiger partial charge in [-0.15, -0.1) is 10.2 Å². The highest BCUT2D eigenvalue weighted by atomic mass is 35.5. The SMILES string of the molecule is CCCCN(c1ccc(Cl)cc1-c1nncn1C1CCN(C(C)C)C1)S(=O)(=O)c1ccccc1. The molecule has 4 rings (SSSR count). The number of hydrogen-bond donors (Lipinski definition) is 0. The molecule has 2 aromatic carbocycles. The van der Waals surface area contributed by atoms with Crippen LogP contribution in [-0.4, -0.2) is 53.8 Å². The highest BCUT2D eigenvalue weighted by molar-refractivity contribution is 7.92.